The van der Waals surface area contributed by atoms with E-state index in [0.717, 1.165) is 13.0 Å². The van der Waals surface area contributed by atoms with Gasteiger partial charge in [-0.15, -0.1) is 0 Å². The summed E-state index contributed by atoms with van der Waals surface area (Å²) in [5.41, 5.74) is 0.0818. The molecule has 0 bridgehead atoms. The van der Waals surface area contributed by atoms with E-state index in [9.17, 15) is 4.79 Å². The molecule has 1 atom stereocenters. The minimum Gasteiger partial charge on any atom is -0.478 e. The van der Waals surface area contributed by atoms with Gasteiger partial charge in [-0.05, 0) is 31.6 Å². The lowest BCUT2D eigenvalue weighted by atomic mass is 10.1. The highest BCUT2D eigenvalue weighted by atomic mass is 35.5. The van der Waals surface area contributed by atoms with Gasteiger partial charge in [-0.25, -0.2) is 9.78 Å². The van der Waals surface area contributed by atoms with Gasteiger partial charge in [-0.2, -0.15) is 11.8 Å². The number of pyridine rings is 1. The predicted molar refractivity (Wildman–Crippen MR) is 74.8 cm³/mol. The van der Waals surface area contributed by atoms with E-state index in [0.29, 0.717) is 5.82 Å². The molecule has 1 unspecified atom stereocenters. The van der Waals surface area contributed by atoms with Gasteiger partial charge in [0.25, 0.3) is 0 Å². The van der Waals surface area contributed by atoms with Crippen LogP contribution in [0.1, 0.15) is 30.1 Å². The smallest absolute Gasteiger partial charge is 0.337 e. The van der Waals surface area contributed by atoms with E-state index in [4.69, 9.17) is 16.7 Å². The molecule has 2 heterocycles. The maximum absolute atomic E-state index is 11.0. The quantitative estimate of drug-likeness (QED) is 0.890. The Bertz CT molecular complexity index is 461. The van der Waals surface area contributed by atoms with Crippen molar-refractivity contribution < 1.29 is 9.90 Å². The van der Waals surface area contributed by atoms with Crippen molar-refractivity contribution in [1.29, 1.82) is 0 Å². The average molecular weight is 287 g/mol. The zero-order chi connectivity index (χ0) is 13.2. The van der Waals surface area contributed by atoms with Crippen LogP contribution >= 0.6 is 23.4 Å². The van der Waals surface area contributed by atoms with E-state index in [1.54, 1.807) is 0 Å². The summed E-state index contributed by atoms with van der Waals surface area (Å²) in [5, 5.41) is 12.3. The van der Waals surface area contributed by atoms with E-state index in [1.807, 2.05) is 11.8 Å². The number of aromatic nitrogens is 1. The normalized spacial score (nSPS) is 23.0. The van der Waals surface area contributed by atoms with Crippen LogP contribution in [0.15, 0.2) is 12.3 Å². The van der Waals surface area contributed by atoms with Crippen molar-refractivity contribution in [3.05, 3.63) is 22.8 Å². The minimum atomic E-state index is -1.04. The number of carbonyl (C=O) groups is 1. The zero-order valence-electron chi connectivity index (χ0n) is 10.1. The molecule has 0 aromatic carbocycles. The lowest BCUT2D eigenvalue weighted by Crippen LogP contribution is -2.27. The second-order valence-electron chi connectivity index (χ2n) is 4.58. The monoisotopic (exact) mass is 286 g/mol. The Morgan fingerprint density at radius 3 is 3.11 bits per heavy atom. The molecule has 2 N–H and O–H groups in total. The lowest BCUT2D eigenvalue weighted by molar-refractivity contribution is 0.0697. The van der Waals surface area contributed by atoms with Crippen molar-refractivity contribution in [3.63, 3.8) is 0 Å². The number of aromatic carboxylic acids is 1. The molecular formula is C12H15ClN2O2S. The number of carboxylic acids is 1. The molecule has 0 amide bonds. The number of anilines is 1. The first-order chi connectivity index (χ1) is 8.52. The Morgan fingerprint density at radius 2 is 2.50 bits per heavy atom. The number of rotatable bonds is 4. The molecule has 1 aromatic heterocycles. The molecule has 0 radical (unpaired) electrons. The summed E-state index contributed by atoms with van der Waals surface area (Å²) in [5.74, 6) is 0.589. The van der Waals surface area contributed by atoms with Gasteiger partial charge in [0.15, 0.2) is 0 Å². The summed E-state index contributed by atoms with van der Waals surface area (Å²) < 4.78 is 0.185. The topological polar surface area (TPSA) is 62.2 Å². The largest absolute Gasteiger partial charge is 0.478 e. The highest BCUT2D eigenvalue weighted by Gasteiger charge is 2.29. The Balaban J connectivity index is 2.10. The number of halogens is 1. The van der Waals surface area contributed by atoms with E-state index in [2.05, 4.69) is 17.2 Å². The summed E-state index contributed by atoms with van der Waals surface area (Å²) in [7, 11) is 0. The van der Waals surface area contributed by atoms with Crippen molar-refractivity contribution >= 4 is 35.1 Å². The van der Waals surface area contributed by atoms with Crippen LogP contribution in [0.3, 0.4) is 0 Å². The van der Waals surface area contributed by atoms with E-state index >= 15 is 0 Å². The third-order valence-corrected chi connectivity index (χ3v) is 4.97. The molecule has 1 aliphatic rings. The molecule has 0 aliphatic carbocycles. The molecule has 0 spiro atoms. The highest BCUT2D eigenvalue weighted by Crippen LogP contribution is 2.38. The molecule has 18 heavy (non-hydrogen) atoms. The maximum atomic E-state index is 11.0. The van der Waals surface area contributed by atoms with Gasteiger partial charge in [0.05, 0.1) is 10.6 Å². The molecule has 98 valence electrons. The van der Waals surface area contributed by atoms with Crippen LogP contribution in [0.4, 0.5) is 5.82 Å². The fourth-order valence-corrected chi connectivity index (χ4v) is 3.48. The van der Waals surface area contributed by atoms with Crippen LogP contribution in [0.2, 0.25) is 5.02 Å². The molecule has 0 saturated carbocycles. The standard InChI is InChI=1S/C12H15ClN2O2S/c1-12(4-2-6-18-12)7-15-10-9(13)8(11(16)17)3-5-14-10/h3,5H,2,4,6-7H2,1H3,(H,14,15)(H,16,17). The summed E-state index contributed by atoms with van der Waals surface area (Å²) in [4.78, 5) is 15.1. The van der Waals surface area contributed by atoms with Gasteiger partial charge in [0, 0.05) is 17.5 Å². The fraction of sp³-hybridized carbons (Fsp3) is 0.500. The predicted octanol–water partition coefficient (Wildman–Crippen LogP) is 3.13. The highest BCUT2D eigenvalue weighted by molar-refractivity contribution is 8.00. The fourth-order valence-electron chi connectivity index (χ4n) is 1.98. The molecule has 2 rings (SSSR count). The van der Waals surface area contributed by atoms with Crippen LogP contribution < -0.4 is 5.32 Å². The van der Waals surface area contributed by atoms with Gasteiger partial charge in [0.1, 0.15) is 5.82 Å². The molecular weight excluding hydrogens is 272 g/mol. The van der Waals surface area contributed by atoms with Gasteiger partial charge in [-0.3, -0.25) is 0 Å². The summed E-state index contributed by atoms with van der Waals surface area (Å²) in [6, 6.07) is 1.40. The number of nitrogens with one attached hydrogen (secondary N) is 1. The van der Waals surface area contributed by atoms with Gasteiger partial charge < -0.3 is 10.4 Å². The van der Waals surface area contributed by atoms with Crippen molar-refractivity contribution in [2.75, 3.05) is 17.6 Å². The molecule has 4 nitrogen and oxygen atoms in total. The molecule has 1 aromatic rings. The lowest BCUT2D eigenvalue weighted by Gasteiger charge is -2.23. The van der Waals surface area contributed by atoms with Crippen LogP contribution in [0, 0.1) is 0 Å². The Kier molecular flexibility index (Phi) is 4.02. The summed E-state index contributed by atoms with van der Waals surface area (Å²) >= 11 is 7.95. The van der Waals surface area contributed by atoms with Crippen molar-refractivity contribution in [3.8, 4) is 0 Å². The molecule has 1 saturated heterocycles. The second-order valence-corrected chi connectivity index (χ2v) is 6.64. The zero-order valence-corrected chi connectivity index (χ0v) is 11.6. The maximum Gasteiger partial charge on any atom is 0.337 e. The van der Waals surface area contributed by atoms with Crippen molar-refractivity contribution in [2.45, 2.75) is 24.5 Å². The van der Waals surface area contributed by atoms with Crippen LogP contribution in [-0.2, 0) is 0 Å². The number of nitrogens with zero attached hydrogens (tertiary/aromatic N) is 1. The van der Waals surface area contributed by atoms with Crippen LogP contribution in [-0.4, -0.2) is 33.1 Å². The van der Waals surface area contributed by atoms with Crippen molar-refractivity contribution in [1.82, 2.24) is 4.98 Å². The Labute approximate surface area is 115 Å². The first-order valence-corrected chi connectivity index (χ1v) is 7.14. The van der Waals surface area contributed by atoms with E-state index in [1.165, 1.54) is 24.4 Å². The first-order valence-electron chi connectivity index (χ1n) is 5.77. The molecule has 6 heteroatoms. The number of hydrogen-bond acceptors (Lipinski definition) is 4. The summed E-state index contributed by atoms with van der Waals surface area (Å²) in [6.45, 7) is 2.94. The molecule has 1 aliphatic heterocycles. The minimum absolute atomic E-state index is 0.0818. The first kappa shape index (κ1) is 13.5. The number of hydrogen-bond donors (Lipinski definition) is 2. The summed E-state index contributed by atoms with van der Waals surface area (Å²) in [6.07, 6.45) is 3.84. The number of carboxylic acid groups (broad SMARTS) is 1. The van der Waals surface area contributed by atoms with Gasteiger partial charge in [-0.1, -0.05) is 11.6 Å². The third-order valence-electron chi connectivity index (χ3n) is 3.05. The second kappa shape index (κ2) is 5.36. The van der Waals surface area contributed by atoms with E-state index < -0.39 is 5.97 Å². The van der Waals surface area contributed by atoms with E-state index in [-0.39, 0.29) is 15.3 Å². The number of thioether (sulfide) groups is 1. The molecule has 1 fully saturated rings. The van der Waals surface area contributed by atoms with Crippen LogP contribution in [0.25, 0.3) is 0 Å². The van der Waals surface area contributed by atoms with Crippen LogP contribution in [0.5, 0.6) is 0 Å². The third kappa shape index (κ3) is 2.90. The van der Waals surface area contributed by atoms with Crippen molar-refractivity contribution in [2.24, 2.45) is 0 Å². The Hall–Kier alpha value is -0.940. The SMILES string of the molecule is CC1(CNc2nccc(C(=O)O)c2Cl)CCCS1. The van der Waals surface area contributed by atoms with Gasteiger partial charge >= 0.3 is 5.97 Å². The average Bonchev–Trinajstić information content (AvgIpc) is 2.75. The Morgan fingerprint density at radius 1 is 1.72 bits per heavy atom. The van der Waals surface area contributed by atoms with Gasteiger partial charge in [0.2, 0.25) is 0 Å².